The summed E-state index contributed by atoms with van der Waals surface area (Å²) in [5.74, 6) is -0.0695. The molecule has 0 N–H and O–H groups in total. The molecule has 0 bridgehead atoms. The number of amides is 1. The van der Waals surface area contributed by atoms with Gasteiger partial charge < -0.3 is 4.90 Å². The van der Waals surface area contributed by atoms with Crippen molar-refractivity contribution in [2.45, 2.75) is 25.9 Å². The van der Waals surface area contributed by atoms with Crippen LogP contribution in [0.1, 0.15) is 24.9 Å². The number of carbonyl (C=O) groups is 1. The molecule has 1 aliphatic heterocycles. The van der Waals surface area contributed by atoms with Gasteiger partial charge in [-0.15, -0.1) is 0 Å². The second-order valence-electron chi connectivity index (χ2n) is 6.26. The van der Waals surface area contributed by atoms with Crippen LogP contribution in [-0.2, 0) is 11.3 Å². The SMILES string of the molecule is CCC(C(=O)N1CCN(Cc2ccccc2F)CC1)n1cc(Br)cn1. The van der Waals surface area contributed by atoms with Crippen molar-refractivity contribution in [3.05, 3.63) is 52.5 Å². The number of aromatic nitrogens is 2. The Bertz CT molecular complexity index is 727. The summed E-state index contributed by atoms with van der Waals surface area (Å²) in [6.45, 7) is 5.39. The highest BCUT2D eigenvalue weighted by Crippen LogP contribution is 2.19. The predicted octanol–water partition coefficient (Wildman–Crippen LogP) is 3.08. The van der Waals surface area contributed by atoms with E-state index in [4.69, 9.17) is 0 Å². The van der Waals surface area contributed by atoms with E-state index in [9.17, 15) is 9.18 Å². The molecule has 2 heterocycles. The molecular weight excluding hydrogens is 387 g/mol. The van der Waals surface area contributed by atoms with Gasteiger partial charge >= 0.3 is 0 Å². The predicted molar refractivity (Wildman–Crippen MR) is 97.5 cm³/mol. The highest BCUT2D eigenvalue weighted by Gasteiger charge is 2.28. The van der Waals surface area contributed by atoms with Gasteiger partial charge in [0.05, 0.1) is 10.7 Å². The van der Waals surface area contributed by atoms with Crippen LogP contribution in [0.5, 0.6) is 0 Å². The maximum atomic E-state index is 13.8. The van der Waals surface area contributed by atoms with Crippen LogP contribution in [-0.4, -0.2) is 51.7 Å². The molecule has 134 valence electrons. The third-order valence-corrected chi connectivity index (χ3v) is 5.01. The van der Waals surface area contributed by atoms with Crippen molar-refractivity contribution in [3.8, 4) is 0 Å². The van der Waals surface area contributed by atoms with E-state index in [2.05, 4.69) is 25.9 Å². The molecule has 1 saturated heterocycles. The van der Waals surface area contributed by atoms with E-state index in [1.54, 1.807) is 16.9 Å². The number of carbonyl (C=O) groups excluding carboxylic acids is 1. The molecule has 0 aliphatic carbocycles. The summed E-state index contributed by atoms with van der Waals surface area (Å²) in [4.78, 5) is 16.9. The lowest BCUT2D eigenvalue weighted by Crippen LogP contribution is -2.50. The van der Waals surface area contributed by atoms with Crippen LogP contribution in [0.15, 0.2) is 41.1 Å². The number of piperazine rings is 1. The largest absolute Gasteiger partial charge is 0.338 e. The van der Waals surface area contributed by atoms with Crippen molar-refractivity contribution < 1.29 is 9.18 Å². The van der Waals surface area contributed by atoms with Crippen LogP contribution < -0.4 is 0 Å². The van der Waals surface area contributed by atoms with Crippen molar-refractivity contribution in [3.63, 3.8) is 0 Å². The number of benzene rings is 1. The lowest BCUT2D eigenvalue weighted by Gasteiger charge is -2.36. The highest BCUT2D eigenvalue weighted by atomic mass is 79.9. The lowest BCUT2D eigenvalue weighted by atomic mass is 10.1. The first kappa shape index (κ1) is 18.1. The van der Waals surface area contributed by atoms with E-state index >= 15 is 0 Å². The molecule has 1 unspecified atom stereocenters. The molecule has 1 amide bonds. The molecule has 7 heteroatoms. The van der Waals surface area contributed by atoms with Gasteiger partial charge in [0.15, 0.2) is 0 Å². The normalized spacial score (nSPS) is 16.8. The van der Waals surface area contributed by atoms with E-state index in [0.717, 1.165) is 17.6 Å². The minimum absolute atomic E-state index is 0.101. The topological polar surface area (TPSA) is 41.4 Å². The number of halogens is 2. The number of hydrogen-bond donors (Lipinski definition) is 0. The molecule has 1 atom stereocenters. The third-order valence-electron chi connectivity index (χ3n) is 4.60. The maximum absolute atomic E-state index is 13.8. The molecule has 2 aromatic rings. The van der Waals surface area contributed by atoms with Crippen molar-refractivity contribution in [1.82, 2.24) is 19.6 Å². The molecule has 1 aliphatic rings. The zero-order valence-electron chi connectivity index (χ0n) is 14.2. The van der Waals surface area contributed by atoms with Gasteiger partial charge in [0, 0.05) is 44.5 Å². The summed E-state index contributed by atoms with van der Waals surface area (Å²) >= 11 is 3.37. The molecule has 3 rings (SSSR count). The maximum Gasteiger partial charge on any atom is 0.247 e. The first-order valence-corrected chi connectivity index (χ1v) is 9.32. The van der Waals surface area contributed by atoms with Crippen molar-refractivity contribution in [2.75, 3.05) is 26.2 Å². The van der Waals surface area contributed by atoms with E-state index in [1.807, 2.05) is 30.2 Å². The van der Waals surface area contributed by atoms with E-state index in [0.29, 0.717) is 31.6 Å². The van der Waals surface area contributed by atoms with Crippen LogP contribution in [0.4, 0.5) is 4.39 Å². The minimum Gasteiger partial charge on any atom is -0.338 e. The Morgan fingerprint density at radius 3 is 2.60 bits per heavy atom. The first-order valence-electron chi connectivity index (χ1n) is 8.52. The minimum atomic E-state index is -0.274. The van der Waals surface area contributed by atoms with E-state index in [1.165, 1.54) is 6.07 Å². The van der Waals surface area contributed by atoms with Gasteiger partial charge in [-0.1, -0.05) is 25.1 Å². The first-order chi connectivity index (χ1) is 12.1. The zero-order chi connectivity index (χ0) is 17.8. The second-order valence-corrected chi connectivity index (χ2v) is 7.17. The van der Waals surface area contributed by atoms with Crippen molar-refractivity contribution in [2.24, 2.45) is 0 Å². The Labute approximate surface area is 155 Å². The van der Waals surface area contributed by atoms with E-state index < -0.39 is 0 Å². The van der Waals surface area contributed by atoms with Gasteiger partial charge in [-0.05, 0) is 28.4 Å². The molecule has 1 fully saturated rings. The van der Waals surface area contributed by atoms with Gasteiger partial charge in [-0.3, -0.25) is 14.4 Å². The molecule has 0 radical (unpaired) electrons. The Kier molecular flexibility index (Phi) is 5.86. The highest BCUT2D eigenvalue weighted by molar-refractivity contribution is 9.10. The van der Waals surface area contributed by atoms with Gasteiger partial charge in [0.25, 0.3) is 0 Å². The van der Waals surface area contributed by atoms with Gasteiger partial charge in [0.1, 0.15) is 11.9 Å². The quantitative estimate of drug-likeness (QED) is 0.763. The molecule has 5 nitrogen and oxygen atoms in total. The average Bonchev–Trinajstić information content (AvgIpc) is 3.04. The summed E-state index contributed by atoms with van der Waals surface area (Å²) in [6, 6.07) is 6.59. The van der Waals surface area contributed by atoms with Crippen LogP contribution in [0.25, 0.3) is 0 Å². The fraction of sp³-hybridized carbons (Fsp3) is 0.444. The molecule has 1 aromatic heterocycles. The van der Waals surface area contributed by atoms with Crippen LogP contribution in [0, 0.1) is 5.82 Å². The zero-order valence-corrected chi connectivity index (χ0v) is 15.8. The standard InChI is InChI=1S/C18H22BrFN4O/c1-2-17(24-13-15(19)11-21-24)18(25)23-9-7-22(8-10-23)12-14-5-3-4-6-16(14)20/h3-6,11,13,17H,2,7-10,12H2,1H3. The fourth-order valence-corrected chi connectivity index (χ4v) is 3.47. The molecule has 0 saturated carbocycles. The Morgan fingerprint density at radius 2 is 2.00 bits per heavy atom. The van der Waals surface area contributed by atoms with Crippen molar-refractivity contribution >= 4 is 21.8 Å². The summed E-state index contributed by atoms with van der Waals surface area (Å²) in [6.07, 6.45) is 4.23. The lowest BCUT2D eigenvalue weighted by molar-refractivity contribution is -0.137. The third kappa shape index (κ3) is 4.27. The molecule has 25 heavy (non-hydrogen) atoms. The Balaban J connectivity index is 1.58. The second kappa shape index (κ2) is 8.10. The molecular formula is C18H22BrFN4O. The number of hydrogen-bond acceptors (Lipinski definition) is 3. The number of rotatable bonds is 5. The smallest absolute Gasteiger partial charge is 0.247 e. The van der Waals surface area contributed by atoms with Crippen LogP contribution in [0.3, 0.4) is 0 Å². The Morgan fingerprint density at radius 1 is 1.28 bits per heavy atom. The molecule has 0 spiro atoms. The van der Waals surface area contributed by atoms with Gasteiger partial charge in [-0.2, -0.15) is 5.10 Å². The van der Waals surface area contributed by atoms with Gasteiger partial charge in [0.2, 0.25) is 5.91 Å². The summed E-state index contributed by atoms with van der Waals surface area (Å²) in [5, 5.41) is 4.25. The summed E-state index contributed by atoms with van der Waals surface area (Å²) < 4.78 is 16.4. The van der Waals surface area contributed by atoms with Crippen LogP contribution in [0.2, 0.25) is 0 Å². The number of nitrogens with zero attached hydrogens (tertiary/aromatic N) is 4. The Hall–Kier alpha value is -1.73. The average molecular weight is 409 g/mol. The van der Waals surface area contributed by atoms with E-state index in [-0.39, 0.29) is 17.8 Å². The van der Waals surface area contributed by atoms with Crippen LogP contribution >= 0.6 is 15.9 Å². The molecule has 1 aromatic carbocycles. The van der Waals surface area contributed by atoms with Gasteiger partial charge in [-0.25, -0.2) is 4.39 Å². The monoisotopic (exact) mass is 408 g/mol. The summed E-state index contributed by atoms with van der Waals surface area (Å²) in [7, 11) is 0. The fourth-order valence-electron chi connectivity index (χ4n) is 3.16. The summed E-state index contributed by atoms with van der Waals surface area (Å²) in [5.41, 5.74) is 0.704. The van der Waals surface area contributed by atoms with Crippen molar-refractivity contribution in [1.29, 1.82) is 0 Å².